The van der Waals surface area contributed by atoms with Gasteiger partial charge in [0, 0.05) is 17.0 Å². The molecule has 0 aliphatic heterocycles. The Morgan fingerprint density at radius 1 is 0.950 bits per heavy atom. The maximum Gasteiger partial charge on any atom is 0.0597 e. The van der Waals surface area contributed by atoms with Crippen molar-refractivity contribution in [2.75, 3.05) is 7.05 Å². The van der Waals surface area contributed by atoms with Crippen LogP contribution in [0.25, 0.3) is 0 Å². The highest BCUT2D eigenvalue weighted by molar-refractivity contribution is 14.1. The summed E-state index contributed by atoms with van der Waals surface area (Å²) in [7, 11) is 1.98. The SMILES string of the molecule is CNC(c1cc(I)ccc1Br)c1cc(Br)c(C)cc1Br. The number of aryl methyl sites for hydroxylation is 1. The summed E-state index contributed by atoms with van der Waals surface area (Å²) < 4.78 is 4.57. The molecule has 1 N–H and O–H groups in total. The van der Waals surface area contributed by atoms with Gasteiger partial charge >= 0.3 is 0 Å². The maximum absolute atomic E-state index is 3.69. The Morgan fingerprint density at radius 3 is 2.25 bits per heavy atom. The summed E-state index contributed by atoms with van der Waals surface area (Å²) in [6, 6.07) is 10.8. The number of hydrogen-bond acceptors (Lipinski definition) is 1. The summed E-state index contributed by atoms with van der Waals surface area (Å²) in [4.78, 5) is 0. The Balaban J connectivity index is 2.58. The molecule has 0 saturated carbocycles. The number of nitrogens with one attached hydrogen (secondary N) is 1. The predicted octanol–water partition coefficient (Wildman–Crippen LogP) is 6.20. The van der Waals surface area contributed by atoms with Crippen LogP contribution in [0.3, 0.4) is 0 Å². The van der Waals surface area contributed by atoms with E-state index in [1.165, 1.54) is 20.3 Å². The van der Waals surface area contributed by atoms with E-state index in [0.29, 0.717) is 0 Å². The van der Waals surface area contributed by atoms with Gasteiger partial charge in [-0.3, -0.25) is 0 Å². The van der Waals surface area contributed by atoms with E-state index in [1.54, 1.807) is 0 Å². The monoisotopic (exact) mass is 571 g/mol. The zero-order chi connectivity index (χ0) is 14.9. The molecule has 1 unspecified atom stereocenters. The molecule has 2 rings (SSSR count). The highest BCUT2D eigenvalue weighted by Crippen LogP contribution is 2.36. The van der Waals surface area contributed by atoms with E-state index in [1.807, 2.05) is 7.05 Å². The molecule has 0 radical (unpaired) electrons. The third kappa shape index (κ3) is 3.66. The standard InChI is InChI=1S/C15H13Br3IN/c1-8-5-14(18)11(7-13(8)17)15(20-2)10-6-9(19)3-4-12(10)16/h3-7,15,20H,1-2H3. The molecule has 0 amide bonds. The van der Waals surface area contributed by atoms with Gasteiger partial charge < -0.3 is 5.32 Å². The van der Waals surface area contributed by atoms with Gasteiger partial charge in [-0.05, 0) is 83.6 Å². The molecule has 1 nitrogen and oxygen atoms in total. The molecule has 0 bridgehead atoms. The summed E-state index contributed by atoms with van der Waals surface area (Å²) in [6.45, 7) is 2.09. The summed E-state index contributed by atoms with van der Waals surface area (Å²) in [5.74, 6) is 0. The largest absolute Gasteiger partial charge is 0.309 e. The minimum absolute atomic E-state index is 0.130. The van der Waals surface area contributed by atoms with Crippen molar-refractivity contribution in [3.8, 4) is 0 Å². The van der Waals surface area contributed by atoms with Crippen LogP contribution in [0, 0.1) is 10.5 Å². The van der Waals surface area contributed by atoms with E-state index >= 15 is 0 Å². The zero-order valence-electron chi connectivity index (χ0n) is 11.0. The molecule has 1 atom stereocenters. The fourth-order valence-corrected chi connectivity index (χ4v) is 4.14. The Labute approximate surface area is 158 Å². The van der Waals surface area contributed by atoms with Gasteiger partial charge in [0.05, 0.1) is 6.04 Å². The quantitative estimate of drug-likeness (QED) is 0.432. The zero-order valence-corrected chi connectivity index (χ0v) is 17.9. The van der Waals surface area contributed by atoms with Crippen molar-refractivity contribution in [1.82, 2.24) is 5.32 Å². The molecule has 0 fully saturated rings. The van der Waals surface area contributed by atoms with Crippen molar-refractivity contribution in [3.63, 3.8) is 0 Å². The Morgan fingerprint density at radius 2 is 1.60 bits per heavy atom. The molecule has 2 aromatic carbocycles. The molecule has 106 valence electrons. The Hall–Kier alpha value is 0.570. The molecular formula is C15H13Br3IN. The minimum atomic E-state index is 0.130. The number of rotatable bonds is 3. The highest BCUT2D eigenvalue weighted by atomic mass is 127. The maximum atomic E-state index is 3.69. The van der Waals surface area contributed by atoms with E-state index < -0.39 is 0 Å². The van der Waals surface area contributed by atoms with Crippen molar-refractivity contribution in [2.45, 2.75) is 13.0 Å². The van der Waals surface area contributed by atoms with Crippen LogP contribution in [-0.2, 0) is 0 Å². The smallest absolute Gasteiger partial charge is 0.0597 e. The Bertz CT molecular complexity index is 643. The highest BCUT2D eigenvalue weighted by Gasteiger charge is 2.19. The summed E-state index contributed by atoms with van der Waals surface area (Å²) in [5, 5.41) is 3.41. The van der Waals surface area contributed by atoms with Crippen LogP contribution in [0.2, 0.25) is 0 Å². The second-order valence-electron chi connectivity index (χ2n) is 4.51. The predicted molar refractivity (Wildman–Crippen MR) is 104 cm³/mol. The van der Waals surface area contributed by atoms with Gasteiger partial charge in [0.1, 0.15) is 0 Å². The van der Waals surface area contributed by atoms with E-state index in [0.717, 1.165) is 13.4 Å². The summed E-state index contributed by atoms with van der Waals surface area (Å²) >= 11 is 13.3. The molecule has 0 aromatic heterocycles. The molecule has 20 heavy (non-hydrogen) atoms. The van der Waals surface area contributed by atoms with Crippen molar-refractivity contribution in [2.24, 2.45) is 0 Å². The van der Waals surface area contributed by atoms with Crippen LogP contribution in [-0.4, -0.2) is 7.05 Å². The van der Waals surface area contributed by atoms with Gasteiger partial charge in [0.25, 0.3) is 0 Å². The average Bonchev–Trinajstić information content (AvgIpc) is 2.40. The van der Waals surface area contributed by atoms with Gasteiger partial charge in [0.2, 0.25) is 0 Å². The van der Waals surface area contributed by atoms with Crippen molar-refractivity contribution < 1.29 is 0 Å². The second-order valence-corrected chi connectivity index (χ2v) is 8.32. The lowest BCUT2D eigenvalue weighted by Crippen LogP contribution is -2.19. The van der Waals surface area contributed by atoms with E-state index in [2.05, 4.69) is 113 Å². The van der Waals surface area contributed by atoms with Gasteiger partial charge in [-0.25, -0.2) is 0 Å². The van der Waals surface area contributed by atoms with Crippen LogP contribution >= 0.6 is 70.4 Å². The molecule has 0 aliphatic rings. The van der Waals surface area contributed by atoms with Gasteiger partial charge in [-0.2, -0.15) is 0 Å². The topological polar surface area (TPSA) is 12.0 Å². The molecule has 5 heteroatoms. The van der Waals surface area contributed by atoms with Crippen LogP contribution in [0.1, 0.15) is 22.7 Å². The first-order valence-electron chi connectivity index (χ1n) is 6.01. The second kappa shape index (κ2) is 7.22. The molecule has 2 aromatic rings. The Kier molecular flexibility index (Phi) is 6.11. The number of benzene rings is 2. The van der Waals surface area contributed by atoms with Gasteiger partial charge in [-0.1, -0.05) is 47.8 Å². The van der Waals surface area contributed by atoms with Crippen LogP contribution in [0.15, 0.2) is 43.7 Å². The summed E-state index contributed by atoms with van der Waals surface area (Å²) in [5.41, 5.74) is 3.67. The van der Waals surface area contributed by atoms with Gasteiger partial charge in [-0.15, -0.1) is 0 Å². The van der Waals surface area contributed by atoms with Crippen LogP contribution in [0.5, 0.6) is 0 Å². The number of halogens is 4. The lowest BCUT2D eigenvalue weighted by molar-refractivity contribution is 0.685. The third-order valence-corrected chi connectivity index (χ3v) is 6.08. The first-order chi connectivity index (χ1) is 9.43. The lowest BCUT2D eigenvalue weighted by atomic mass is 9.98. The first kappa shape index (κ1) is 16.9. The lowest BCUT2D eigenvalue weighted by Gasteiger charge is -2.21. The number of hydrogen-bond donors (Lipinski definition) is 1. The minimum Gasteiger partial charge on any atom is -0.309 e. The van der Waals surface area contributed by atoms with Crippen molar-refractivity contribution >= 4 is 70.4 Å². The fraction of sp³-hybridized carbons (Fsp3) is 0.200. The molecule has 0 saturated heterocycles. The third-order valence-electron chi connectivity index (χ3n) is 3.15. The molecular weight excluding hydrogens is 561 g/mol. The average molecular weight is 574 g/mol. The summed E-state index contributed by atoms with van der Waals surface area (Å²) in [6.07, 6.45) is 0. The van der Waals surface area contributed by atoms with E-state index in [-0.39, 0.29) is 6.04 Å². The fourth-order valence-electron chi connectivity index (χ4n) is 2.10. The van der Waals surface area contributed by atoms with Crippen molar-refractivity contribution in [3.05, 3.63) is 64.0 Å². The van der Waals surface area contributed by atoms with Crippen molar-refractivity contribution in [1.29, 1.82) is 0 Å². The van der Waals surface area contributed by atoms with E-state index in [9.17, 15) is 0 Å². The first-order valence-corrected chi connectivity index (χ1v) is 9.47. The van der Waals surface area contributed by atoms with Gasteiger partial charge in [0.15, 0.2) is 0 Å². The molecule has 0 aliphatic carbocycles. The van der Waals surface area contributed by atoms with E-state index in [4.69, 9.17) is 0 Å². The van der Waals surface area contributed by atoms with Crippen LogP contribution < -0.4 is 5.32 Å². The molecule has 0 spiro atoms. The molecule has 0 heterocycles. The normalized spacial score (nSPS) is 12.5. The van der Waals surface area contributed by atoms with Crippen LogP contribution in [0.4, 0.5) is 0 Å².